The first-order valence-corrected chi connectivity index (χ1v) is 13.2. The normalized spacial score (nSPS) is 14.6. The number of pyridine rings is 1. The van der Waals surface area contributed by atoms with E-state index in [1.165, 1.54) is 11.8 Å². The molecule has 2 aromatic heterocycles. The molecule has 8 nitrogen and oxygen atoms in total. The number of amides is 2. The Morgan fingerprint density at radius 2 is 1.92 bits per heavy atom. The molecule has 0 saturated carbocycles. The Hall–Kier alpha value is -4.46. The van der Waals surface area contributed by atoms with E-state index < -0.39 is 0 Å². The number of hydrogen-bond acceptors (Lipinski definition) is 6. The van der Waals surface area contributed by atoms with Gasteiger partial charge >= 0.3 is 0 Å². The summed E-state index contributed by atoms with van der Waals surface area (Å²) in [4.78, 5) is 36.1. The maximum atomic E-state index is 13.2. The minimum Gasteiger partial charge on any atom is -0.484 e. The molecule has 8 heteroatoms. The molecule has 4 aromatic rings. The van der Waals surface area contributed by atoms with Crippen LogP contribution in [0.3, 0.4) is 0 Å². The third kappa shape index (κ3) is 6.34. The van der Waals surface area contributed by atoms with Crippen LogP contribution in [0.4, 0.5) is 0 Å². The second-order valence-electron chi connectivity index (χ2n) is 10.0. The number of hydrogen-bond donors (Lipinski definition) is 1. The van der Waals surface area contributed by atoms with E-state index in [4.69, 9.17) is 9.15 Å². The van der Waals surface area contributed by atoms with E-state index in [-0.39, 0.29) is 36.1 Å². The summed E-state index contributed by atoms with van der Waals surface area (Å²) in [6.07, 6.45) is 4.30. The van der Waals surface area contributed by atoms with Crippen LogP contribution in [0.25, 0.3) is 0 Å². The third-order valence-electron chi connectivity index (χ3n) is 6.67. The molecule has 0 aliphatic carbocycles. The van der Waals surface area contributed by atoms with Gasteiger partial charge in [0.1, 0.15) is 12.0 Å². The van der Waals surface area contributed by atoms with Crippen LogP contribution in [-0.4, -0.2) is 33.2 Å². The van der Waals surface area contributed by atoms with E-state index in [0.29, 0.717) is 31.2 Å². The maximum absolute atomic E-state index is 13.2. The molecule has 5 rings (SSSR count). The van der Waals surface area contributed by atoms with Gasteiger partial charge in [0.2, 0.25) is 11.8 Å². The van der Waals surface area contributed by atoms with Crippen molar-refractivity contribution < 1.29 is 18.7 Å². The van der Waals surface area contributed by atoms with Crippen LogP contribution in [0.2, 0.25) is 0 Å². The topological polar surface area (TPSA) is 97.6 Å². The number of carbonyl (C=O) groups is 2. The molecular weight excluding hydrogens is 492 g/mol. The fraction of sp³-hybridized carbons (Fsp3) is 0.290. The van der Waals surface area contributed by atoms with Crippen molar-refractivity contribution in [2.45, 2.75) is 45.9 Å². The first-order chi connectivity index (χ1) is 19.0. The van der Waals surface area contributed by atoms with Crippen LogP contribution in [0, 0.1) is 5.92 Å². The van der Waals surface area contributed by atoms with Crippen molar-refractivity contribution in [1.29, 1.82) is 0 Å². The number of nitrogens with one attached hydrogen (secondary N) is 1. The Morgan fingerprint density at radius 3 is 2.69 bits per heavy atom. The molecular formula is C31H32N4O4. The fourth-order valence-electron chi connectivity index (χ4n) is 4.80. The molecule has 0 bridgehead atoms. The lowest BCUT2D eigenvalue weighted by molar-refractivity contribution is -0.134. The highest BCUT2D eigenvalue weighted by molar-refractivity contribution is 5.91. The number of oxazole rings is 1. The highest BCUT2D eigenvalue weighted by Crippen LogP contribution is 2.37. The molecule has 1 aliphatic heterocycles. The number of nitrogens with zero attached hydrogens (tertiary/aromatic N) is 3. The minimum atomic E-state index is -0.346. The van der Waals surface area contributed by atoms with Gasteiger partial charge in [0.15, 0.2) is 12.3 Å². The predicted octanol–water partition coefficient (Wildman–Crippen LogP) is 5.10. The van der Waals surface area contributed by atoms with E-state index in [2.05, 4.69) is 47.3 Å². The lowest BCUT2D eigenvalue weighted by Gasteiger charge is -2.38. The second-order valence-corrected chi connectivity index (χ2v) is 10.0. The Labute approximate surface area is 228 Å². The third-order valence-corrected chi connectivity index (χ3v) is 6.67. The lowest BCUT2D eigenvalue weighted by atomic mass is 9.87. The van der Waals surface area contributed by atoms with Gasteiger partial charge in [-0.2, -0.15) is 0 Å². The monoisotopic (exact) mass is 524 g/mol. The zero-order valence-corrected chi connectivity index (χ0v) is 22.2. The molecule has 39 heavy (non-hydrogen) atoms. The van der Waals surface area contributed by atoms with Crippen LogP contribution >= 0.6 is 0 Å². The van der Waals surface area contributed by atoms with Crippen LogP contribution in [-0.2, 0) is 24.4 Å². The van der Waals surface area contributed by atoms with Gasteiger partial charge in [-0.05, 0) is 53.3 Å². The van der Waals surface area contributed by atoms with Gasteiger partial charge in [0, 0.05) is 19.2 Å². The van der Waals surface area contributed by atoms with Crippen molar-refractivity contribution in [3.05, 3.63) is 113 Å². The Bertz CT molecular complexity index is 1420. The summed E-state index contributed by atoms with van der Waals surface area (Å²) in [5.41, 5.74) is 4.26. The quantitative estimate of drug-likeness (QED) is 0.327. The molecule has 0 saturated heterocycles. The van der Waals surface area contributed by atoms with Crippen LogP contribution < -0.4 is 10.1 Å². The lowest BCUT2D eigenvalue weighted by Crippen LogP contribution is -2.41. The highest BCUT2D eigenvalue weighted by Gasteiger charge is 2.32. The molecule has 1 atom stereocenters. The predicted molar refractivity (Wildman–Crippen MR) is 146 cm³/mol. The van der Waals surface area contributed by atoms with E-state index >= 15 is 0 Å². The summed E-state index contributed by atoms with van der Waals surface area (Å²) in [6.45, 7) is 5.18. The zero-order valence-electron chi connectivity index (χ0n) is 22.2. The molecule has 0 radical (unpaired) electrons. The fourth-order valence-corrected chi connectivity index (χ4v) is 4.80. The zero-order chi connectivity index (χ0) is 27.2. The Morgan fingerprint density at radius 1 is 1.10 bits per heavy atom. The molecule has 1 unspecified atom stereocenters. The van der Waals surface area contributed by atoms with Gasteiger partial charge in [-0.15, -0.1) is 0 Å². The average molecular weight is 525 g/mol. The number of carbonyl (C=O) groups excluding carboxylic acids is 2. The molecule has 1 N–H and O–H groups in total. The first kappa shape index (κ1) is 26.2. The summed E-state index contributed by atoms with van der Waals surface area (Å²) >= 11 is 0. The van der Waals surface area contributed by atoms with E-state index in [9.17, 15) is 9.59 Å². The van der Waals surface area contributed by atoms with E-state index in [1.54, 1.807) is 6.20 Å². The first-order valence-electron chi connectivity index (χ1n) is 13.2. The van der Waals surface area contributed by atoms with Crippen LogP contribution in [0.15, 0.2) is 83.6 Å². The van der Waals surface area contributed by atoms with E-state index in [1.807, 2.05) is 53.4 Å². The largest absolute Gasteiger partial charge is 0.484 e. The maximum Gasteiger partial charge on any atom is 0.273 e. The van der Waals surface area contributed by atoms with Crippen molar-refractivity contribution in [2.24, 2.45) is 5.92 Å². The smallest absolute Gasteiger partial charge is 0.273 e. The van der Waals surface area contributed by atoms with Gasteiger partial charge < -0.3 is 19.4 Å². The van der Waals surface area contributed by atoms with Crippen molar-refractivity contribution in [3.8, 4) is 5.75 Å². The molecule has 0 spiro atoms. The average Bonchev–Trinajstić information content (AvgIpc) is 3.44. The van der Waals surface area contributed by atoms with Gasteiger partial charge in [-0.1, -0.05) is 56.3 Å². The van der Waals surface area contributed by atoms with Crippen molar-refractivity contribution in [1.82, 2.24) is 20.2 Å². The summed E-state index contributed by atoms with van der Waals surface area (Å²) in [6, 6.07) is 21.5. The highest BCUT2D eigenvalue weighted by atomic mass is 16.5. The van der Waals surface area contributed by atoms with Crippen molar-refractivity contribution in [3.63, 3.8) is 0 Å². The molecule has 3 heterocycles. The minimum absolute atomic E-state index is 0.0678. The van der Waals surface area contributed by atoms with Gasteiger partial charge in [0.25, 0.3) is 5.91 Å². The molecule has 2 amide bonds. The SMILES string of the molecule is CC(C)CC(=O)N1CCc2ccc(OCc3nc(C(=O)NCc4ccccn4)co3)cc2C1c1ccccc1. The van der Waals surface area contributed by atoms with Crippen LogP contribution in [0.1, 0.15) is 65.1 Å². The number of benzene rings is 2. The summed E-state index contributed by atoms with van der Waals surface area (Å²) < 4.78 is 11.5. The van der Waals surface area contributed by atoms with Crippen molar-refractivity contribution in [2.75, 3.05) is 6.54 Å². The Kier molecular flexibility index (Phi) is 8.01. The molecule has 2 aromatic carbocycles. The summed E-state index contributed by atoms with van der Waals surface area (Å²) in [5, 5.41) is 2.78. The summed E-state index contributed by atoms with van der Waals surface area (Å²) in [5.74, 6) is 1.04. The number of rotatable bonds is 9. The van der Waals surface area contributed by atoms with Crippen LogP contribution in [0.5, 0.6) is 5.75 Å². The molecule has 0 fully saturated rings. The number of aromatic nitrogens is 2. The molecule has 200 valence electrons. The van der Waals surface area contributed by atoms with E-state index in [0.717, 1.165) is 23.2 Å². The Balaban J connectivity index is 1.29. The van der Waals surface area contributed by atoms with Gasteiger partial charge in [-0.25, -0.2) is 4.98 Å². The van der Waals surface area contributed by atoms with Gasteiger partial charge in [0.05, 0.1) is 18.3 Å². The second kappa shape index (κ2) is 11.9. The summed E-state index contributed by atoms with van der Waals surface area (Å²) in [7, 11) is 0. The number of fused-ring (bicyclic) bond motifs is 1. The molecule has 1 aliphatic rings. The van der Waals surface area contributed by atoms with Gasteiger partial charge in [-0.3, -0.25) is 14.6 Å². The standard InChI is InChI=1S/C31H32N4O4/c1-21(2)16-29(36)35-15-13-22-11-12-25(17-26(22)30(35)23-8-4-3-5-9-23)38-20-28-34-27(19-39-28)31(37)33-18-24-10-6-7-14-32-24/h3-12,14,17,19,21,30H,13,15-16,18,20H2,1-2H3,(H,33,37). The number of ether oxygens (including phenoxy) is 1. The van der Waals surface area contributed by atoms with Crippen molar-refractivity contribution >= 4 is 11.8 Å².